The van der Waals surface area contributed by atoms with Gasteiger partial charge in [0.15, 0.2) is 5.82 Å². The molecule has 1 aliphatic heterocycles. The number of aryl methyl sites for hydroxylation is 1. The molecule has 0 bridgehead atoms. The van der Waals surface area contributed by atoms with Crippen LogP contribution in [-0.4, -0.2) is 28.3 Å². The third-order valence-electron chi connectivity index (χ3n) is 5.67. The molecule has 2 N–H and O–H groups in total. The molecule has 146 valence electrons. The third-order valence-corrected chi connectivity index (χ3v) is 5.67. The van der Waals surface area contributed by atoms with Crippen molar-refractivity contribution in [3.63, 3.8) is 0 Å². The predicted octanol–water partition coefficient (Wildman–Crippen LogP) is 5.67. The smallest absolute Gasteiger partial charge is 0.161 e. The first-order valence-corrected chi connectivity index (χ1v) is 10.3. The number of aromatic nitrogens is 3. The number of para-hydroxylation sites is 1. The first-order valence-electron chi connectivity index (χ1n) is 10.3. The van der Waals surface area contributed by atoms with Gasteiger partial charge in [-0.2, -0.15) is 5.10 Å². The van der Waals surface area contributed by atoms with Gasteiger partial charge < -0.3 is 10.2 Å². The fourth-order valence-corrected chi connectivity index (χ4v) is 4.09. The highest BCUT2D eigenvalue weighted by molar-refractivity contribution is 5.91. The molecule has 5 rings (SSSR count). The lowest BCUT2D eigenvalue weighted by molar-refractivity contribution is 0.578. The van der Waals surface area contributed by atoms with Gasteiger partial charge in [-0.05, 0) is 49.9 Å². The number of pyridine rings is 1. The average Bonchev–Trinajstić information content (AvgIpc) is 3.17. The molecule has 5 heteroatoms. The van der Waals surface area contributed by atoms with Crippen molar-refractivity contribution >= 4 is 28.2 Å². The Morgan fingerprint density at radius 2 is 1.72 bits per heavy atom. The lowest BCUT2D eigenvalue weighted by Gasteiger charge is -2.29. The minimum atomic E-state index is 0.805. The van der Waals surface area contributed by atoms with Crippen LogP contribution >= 0.6 is 0 Å². The van der Waals surface area contributed by atoms with Gasteiger partial charge in [0.25, 0.3) is 0 Å². The Balaban J connectivity index is 1.58. The minimum absolute atomic E-state index is 0.805. The van der Waals surface area contributed by atoms with E-state index in [9.17, 15) is 0 Å². The molecule has 29 heavy (non-hydrogen) atoms. The van der Waals surface area contributed by atoms with Crippen LogP contribution in [-0.2, 0) is 0 Å². The molecule has 3 heterocycles. The highest BCUT2D eigenvalue weighted by Gasteiger charge is 2.16. The Morgan fingerprint density at radius 1 is 0.931 bits per heavy atom. The summed E-state index contributed by atoms with van der Waals surface area (Å²) in [4.78, 5) is 7.42. The van der Waals surface area contributed by atoms with Crippen LogP contribution in [0.25, 0.3) is 22.2 Å². The molecule has 2 aromatic carbocycles. The Bertz CT molecular complexity index is 1140. The first-order chi connectivity index (χ1) is 14.3. The SMILES string of the molecule is Cc1ccccc1-c1cc(N2CCCCC2)cc(Nc2n[nH]c3ccccc23)n1. The molecule has 4 aromatic rings. The van der Waals surface area contributed by atoms with Crippen LogP contribution in [0.2, 0.25) is 0 Å². The number of H-pyrrole nitrogens is 1. The Labute approximate surface area is 170 Å². The van der Waals surface area contributed by atoms with Gasteiger partial charge in [0, 0.05) is 35.8 Å². The number of rotatable bonds is 4. The highest BCUT2D eigenvalue weighted by atomic mass is 15.2. The van der Waals surface area contributed by atoms with Crippen LogP contribution < -0.4 is 10.2 Å². The monoisotopic (exact) mass is 383 g/mol. The number of benzene rings is 2. The van der Waals surface area contributed by atoms with Crippen molar-refractivity contribution in [3.05, 3.63) is 66.2 Å². The molecule has 2 aromatic heterocycles. The van der Waals surface area contributed by atoms with Crippen LogP contribution in [0.1, 0.15) is 24.8 Å². The van der Waals surface area contributed by atoms with Crippen molar-refractivity contribution in [2.45, 2.75) is 26.2 Å². The number of fused-ring (bicyclic) bond motifs is 1. The van der Waals surface area contributed by atoms with Crippen molar-refractivity contribution in [1.29, 1.82) is 0 Å². The summed E-state index contributed by atoms with van der Waals surface area (Å²) in [5.74, 6) is 1.63. The van der Waals surface area contributed by atoms with E-state index in [0.29, 0.717) is 0 Å². The maximum Gasteiger partial charge on any atom is 0.161 e. The van der Waals surface area contributed by atoms with Crippen LogP contribution in [0.5, 0.6) is 0 Å². The number of nitrogens with one attached hydrogen (secondary N) is 2. The van der Waals surface area contributed by atoms with Gasteiger partial charge in [-0.15, -0.1) is 0 Å². The molecule has 0 aliphatic carbocycles. The quantitative estimate of drug-likeness (QED) is 0.477. The van der Waals surface area contributed by atoms with Crippen molar-refractivity contribution in [2.24, 2.45) is 0 Å². The van der Waals surface area contributed by atoms with E-state index in [1.807, 2.05) is 18.2 Å². The summed E-state index contributed by atoms with van der Waals surface area (Å²) in [7, 11) is 0. The molecule has 5 nitrogen and oxygen atoms in total. The van der Waals surface area contributed by atoms with E-state index < -0.39 is 0 Å². The second-order valence-corrected chi connectivity index (χ2v) is 7.70. The van der Waals surface area contributed by atoms with Crippen molar-refractivity contribution < 1.29 is 0 Å². The number of hydrogen-bond acceptors (Lipinski definition) is 4. The molecule has 0 spiro atoms. The summed E-state index contributed by atoms with van der Waals surface area (Å²) in [5, 5.41) is 12.1. The van der Waals surface area contributed by atoms with E-state index in [1.54, 1.807) is 0 Å². The number of hydrogen-bond donors (Lipinski definition) is 2. The van der Waals surface area contributed by atoms with Crippen LogP contribution in [0.15, 0.2) is 60.7 Å². The Kier molecular flexibility index (Phi) is 4.64. The first kappa shape index (κ1) is 17.7. The lowest BCUT2D eigenvalue weighted by Crippen LogP contribution is -2.29. The Hall–Kier alpha value is -3.34. The summed E-state index contributed by atoms with van der Waals surface area (Å²) in [6.45, 7) is 4.34. The maximum atomic E-state index is 4.95. The number of aromatic amines is 1. The summed E-state index contributed by atoms with van der Waals surface area (Å²) < 4.78 is 0. The molecule has 0 saturated carbocycles. The maximum absolute atomic E-state index is 4.95. The van der Waals surface area contributed by atoms with Crippen LogP contribution in [0.3, 0.4) is 0 Å². The molecule has 0 unspecified atom stereocenters. The van der Waals surface area contributed by atoms with Gasteiger partial charge in [0.1, 0.15) is 5.82 Å². The zero-order valence-electron chi connectivity index (χ0n) is 16.7. The number of piperidine rings is 1. The second kappa shape index (κ2) is 7.59. The second-order valence-electron chi connectivity index (χ2n) is 7.70. The molecule has 0 atom stereocenters. The van der Waals surface area contributed by atoms with Gasteiger partial charge in [0.05, 0.1) is 11.2 Å². The standard InChI is InChI=1S/C24H25N5/c1-17-9-3-4-10-19(17)22-15-18(29-13-7-2-8-14-29)16-23(25-22)26-24-20-11-5-6-12-21(20)27-28-24/h3-6,9-12,15-16H,2,7-8,13-14H2,1H3,(H2,25,26,27,28). The molecule has 1 aliphatic rings. The zero-order chi connectivity index (χ0) is 19.6. The van der Waals surface area contributed by atoms with Crippen LogP contribution in [0, 0.1) is 6.92 Å². The number of nitrogens with zero attached hydrogens (tertiary/aromatic N) is 3. The normalized spacial score (nSPS) is 14.3. The van der Waals surface area contributed by atoms with Crippen molar-refractivity contribution in [2.75, 3.05) is 23.3 Å². The molecule has 0 amide bonds. The van der Waals surface area contributed by atoms with E-state index in [2.05, 4.69) is 69.8 Å². The molecule has 1 fully saturated rings. The van der Waals surface area contributed by atoms with Gasteiger partial charge in [-0.25, -0.2) is 4.98 Å². The van der Waals surface area contributed by atoms with Crippen molar-refractivity contribution in [3.8, 4) is 11.3 Å². The van der Waals surface area contributed by atoms with Crippen molar-refractivity contribution in [1.82, 2.24) is 15.2 Å². The topological polar surface area (TPSA) is 56.8 Å². The van der Waals surface area contributed by atoms with E-state index in [1.165, 1.54) is 36.1 Å². The Morgan fingerprint density at radius 3 is 2.59 bits per heavy atom. The summed E-state index contributed by atoms with van der Waals surface area (Å²) >= 11 is 0. The molecular formula is C24H25N5. The third kappa shape index (κ3) is 3.56. The average molecular weight is 383 g/mol. The predicted molar refractivity (Wildman–Crippen MR) is 120 cm³/mol. The lowest BCUT2D eigenvalue weighted by atomic mass is 10.0. The van der Waals surface area contributed by atoms with Gasteiger partial charge >= 0.3 is 0 Å². The molecular weight excluding hydrogens is 358 g/mol. The van der Waals surface area contributed by atoms with E-state index in [0.717, 1.165) is 41.3 Å². The van der Waals surface area contributed by atoms with Gasteiger partial charge in [-0.3, -0.25) is 5.10 Å². The fourth-order valence-electron chi connectivity index (χ4n) is 4.09. The van der Waals surface area contributed by atoms with Gasteiger partial charge in [-0.1, -0.05) is 36.4 Å². The van der Waals surface area contributed by atoms with Crippen LogP contribution in [0.4, 0.5) is 17.3 Å². The summed E-state index contributed by atoms with van der Waals surface area (Å²) in [6, 6.07) is 20.9. The number of anilines is 3. The summed E-state index contributed by atoms with van der Waals surface area (Å²) in [5.41, 5.74) is 5.63. The fraction of sp³-hybridized carbons (Fsp3) is 0.250. The van der Waals surface area contributed by atoms with E-state index in [-0.39, 0.29) is 0 Å². The zero-order valence-corrected chi connectivity index (χ0v) is 16.7. The minimum Gasteiger partial charge on any atom is -0.371 e. The summed E-state index contributed by atoms with van der Waals surface area (Å²) in [6.07, 6.45) is 3.81. The van der Waals surface area contributed by atoms with E-state index in [4.69, 9.17) is 4.98 Å². The molecule has 1 saturated heterocycles. The largest absolute Gasteiger partial charge is 0.371 e. The van der Waals surface area contributed by atoms with E-state index >= 15 is 0 Å². The van der Waals surface area contributed by atoms with Gasteiger partial charge in [0.2, 0.25) is 0 Å². The molecule has 0 radical (unpaired) electrons. The highest BCUT2D eigenvalue weighted by Crippen LogP contribution is 2.31.